The lowest BCUT2D eigenvalue weighted by Gasteiger charge is -1.90. The Labute approximate surface area is 64.5 Å². The lowest BCUT2D eigenvalue weighted by atomic mass is 10.6. The van der Waals surface area contributed by atoms with Gasteiger partial charge in [-0.3, -0.25) is 0 Å². The van der Waals surface area contributed by atoms with E-state index < -0.39 is 11.7 Å². The van der Waals surface area contributed by atoms with Crippen LogP contribution in [0.25, 0.3) is 0 Å². The smallest absolute Gasteiger partial charge is 0.372 e. The van der Waals surface area contributed by atoms with E-state index >= 15 is 0 Å². The molecule has 0 aromatic carbocycles. The van der Waals surface area contributed by atoms with Crippen LogP contribution >= 0.6 is 0 Å². The van der Waals surface area contributed by atoms with Crippen LogP contribution in [0.3, 0.4) is 0 Å². The zero-order valence-electron chi connectivity index (χ0n) is 6.28. The maximum Gasteiger partial charge on any atom is 0.372 e. The quantitative estimate of drug-likeness (QED) is 0.282. The molecule has 0 aromatic heterocycles. The highest BCUT2D eigenvalue weighted by atomic mass is 16.5. The minimum atomic E-state index is -0.792. The van der Waals surface area contributed by atoms with Gasteiger partial charge in [0.2, 0.25) is 0 Å². The number of aliphatic hydroxyl groups is 3. The van der Waals surface area contributed by atoms with E-state index in [9.17, 15) is 4.79 Å². The van der Waals surface area contributed by atoms with Crippen molar-refractivity contribution in [1.82, 2.24) is 0 Å². The van der Waals surface area contributed by atoms with Crippen molar-refractivity contribution in [1.29, 1.82) is 0 Å². The molecular formula is C6H12O5. The summed E-state index contributed by atoms with van der Waals surface area (Å²) in [5, 5.41) is 23.4. The topological polar surface area (TPSA) is 87.0 Å². The van der Waals surface area contributed by atoms with E-state index in [4.69, 9.17) is 15.3 Å². The van der Waals surface area contributed by atoms with Crippen molar-refractivity contribution >= 4 is 5.97 Å². The van der Waals surface area contributed by atoms with E-state index in [1.807, 2.05) is 0 Å². The highest BCUT2D eigenvalue weighted by molar-refractivity contribution is 5.84. The van der Waals surface area contributed by atoms with E-state index in [1.54, 1.807) is 0 Å². The number of hydrogen-bond acceptors (Lipinski definition) is 5. The molecule has 0 unspecified atom stereocenters. The van der Waals surface area contributed by atoms with Gasteiger partial charge in [0.1, 0.15) is 0 Å². The molecule has 0 atom stereocenters. The standard InChI is InChI=1S/C4H6O3.C2H6O2/c1-3(5)4(6)7-2;3-1-2-4/h5H,1H2,2H3;3-4H,1-2H2. The summed E-state index contributed by atoms with van der Waals surface area (Å²) in [5.41, 5.74) is 0. The van der Waals surface area contributed by atoms with Gasteiger partial charge in [-0.1, -0.05) is 0 Å². The first kappa shape index (κ1) is 12.6. The number of aliphatic hydroxyl groups excluding tert-OH is 3. The third kappa shape index (κ3) is 12.2. The van der Waals surface area contributed by atoms with Crippen LogP contribution in [0.1, 0.15) is 0 Å². The molecule has 0 bridgehead atoms. The normalized spacial score (nSPS) is 7.55. The molecule has 0 spiro atoms. The van der Waals surface area contributed by atoms with E-state index in [1.165, 1.54) is 7.11 Å². The second kappa shape index (κ2) is 8.93. The number of rotatable bonds is 2. The van der Waals surface area contributed by atoms with Gasteiger partial charge in [0, 0.05) is 0 Å². The summed E-state index contributed by atoms with van der Waals surface area (Å²) in [6, 6.07) is 0. The maximum absolute atomic E-state index is 9.94. The Balaban J connectivity index is 0. The Morgan fingerprint density at radius 1 is 1.45 bits per heavy atom. The summed E-state index contributed by atoms with van der Waals surface area (Å²) >= 11 is 0. The van der Waals surface area contributed by atoms with Crippen LogP contribution < -0.4 is 0 Å². The summed E-state index contributed by atoms with van der Waals surface area (Å²) in [4.78, 5) is 9.94. The first-order valence-electron chi connectivity index (χ1n) is 2.78. The Morgan fingerprint density at radius 3 is 1.82 bits per heavy atom. The molecule has 0 aliphatic rings. The molecule has 0 aromatic rings. The number of esters is 1. The molecule has 0 saturated carbocycles. The Bertz CT molecular complexity index is 118. The lowest BCUT2D eigenvalue weighted by molar-refractivity contribution is -0.138. The van der Waals surface area contributed by atoms with Crippen molar-refractivity contribution in [3.63, 3.8) is 0 Å². The van der Waals surface area contributed by atoms with Crippen LogP contribution in [-0.4, -0.2) is 41.6 Å². The summed E-state index contributed by atoms with van der Waals surface area (Å²) in [7, 11) is 1.17. The van der Waals surface area contributed by atoms with Crippen LogP contribution in [0.5, 0.6) is 0 Å². The van der Waals surface area contributed by atoms with Gasteiger partial charge in [-0.2, -0.15) is 0 Å². The van der Waals surface area contributed by atoms with Crippen LogP contribution in [0.4, 0.5) is 0 Å². The summed E-state index contributed by atoms with van der Waals surface area (Å²) < 4.78 is 4.02. The molecule has 3 N–H and O–H groups in total. The van der Waals surface area contributed by atoms with Crippen molar-refractivity contribution in [2.45, 2.75) is 0 Å². The number of ether oxygens (including phenoxy) is 1. The molecule has 0 fully saturated rings. The van der Waals surface area contributed by atoms with Crippen molar-refractivity contribution in [3.8, 4) is 0 Å². The predicted octanol–water partition coefficient (Wildman–Crippen LogP) is -0.798. The third-order valence-electron chi connectivity index (χ3n) is 0.521. The van der Waals surface area contributed by atoms with Gasteiger partial charge >= 0.3 is 5.97 Å². The number of carbonyl (C=O) groups is 1. The van der Waals surface area contributed by atoms with E-state index in [-0.39, 0.29) is 13.2 Å². The molecular weight excluding hydrogens is 152 g/mol. The predicted molar refractivity (Wildman–Crippen MR) is 38.0 cm³/mol. The molecule has 5 heteroatoms. The molecule has 0 aliphatic carbocycles. The van der Waals surface area contributed by atoms with Gasteiger partial charge in [-0.15, -0.1) is 0 Å². The Kier molecular flexibility index (Phi) is 10.2. The van der Waals surface area contributed by atoms with Crippen molar-refractivity contribution in [2.75, 3.05) is 20.3 Å². The minimum absolute atomic E-state index is 0.125. The summed E-state index contributed by atoms with van der Waals surface area (Å²) in [6.45, 7) is 2.66. The van der Waals surface area contributed by atoms with Crippen molar-refractivity contribution in [3.05, 3.63) is 12.3 Å². The highest BCUT2D eigenvalue weighted by Crippen LogP contribution is 1.82. The number of hydrogen-bond donors (Lipinski definition) is 3. The average molecular weight is 164 g/mol. The summed E-state index contributed by atoms with van der Waals surface area (Å²) in [6.07, 6.45) is 0. The van der Waals surface area contributed by atoms with Crippen molar-refractivity contribution < 1.29 is 24.9 Å². The molecule has 11 heavy (non-hydrogen) atoms. The van der Waals surface area contributed by atoms with Crippen LogP contribution in [0, 0.1) is 0 Å². The second-order valence-corrected chi connectivity index (χ2v) is 1.39. The number of carbonyl (C=O) groups excluding carboxylic acids is 1. The fourth-order valence-corrected chi connectivity index (χ4v) is 0.118. The average Bonchev–Trinajstić information content (AvgIpc) is 2.03. The fraction of sp³-hybridized carbons (Fsp3) is 0.500. The molecule has 5 nitrogen and oxygen atoms in total. The third-order valence-corrected chi connectivity index (χ3v) is 0.521. The molecule has 0 amide bonds. The fourth-order valence-electron chi connectivity index (χ4n) is 0.118. The van der Waals surface area contributed by atoms with Crippen LogP contribution in [0.15, 0.2) is 12.3 Å². The molecule has 0 heterocycles. The maximum atomic E-state index is 9.94. The Morgan fingerprint density at radius 2 is 1.82 bits per heavy atom. The van der Waals surface area contributed by atoms with Crippen LogP contribution in [0.2, 0.25) is 0 Å². The molecule has 0 rings (SSSR count). The van der Waals surface area contributed by atoms with Gasteiger partial charge in [0.25, 0.3) is 0 Å². The largest absolute Gasteiger partial charge is 0.502 e. The SMILES string of the molecule is C=C(O)C(=O)OC.OCCO. The van der Waals surface area contributed by atoms with Gasteiger partial charge in [0.05, 0.1) is 20.3 Å². The first-order valence-corrected chi connectivity index (χ1v) is 2.78. The zero-order valence-corrected chi connectivity index (χ0v) is 6.28. The molecule has 0 aliphatic heterocycles. The van der Waals surface area contributed by atoms with Crippen molar-refractivity contribution in [2.24, 2.45) is 0 Å². The highest BCUT2D eigenvalue weighted by Gasteiger charge is 1.99. The van der Waals surface area contributed by atoms with E-state index in [2.05, 4.69) is 11.3 Å². The van der Waals surface area contributed by atoms with Gasteiger partial charge < -0.3 is 20.1 Å². The first-order chi connectivity index (χ1) is 5.09. The minimum Gasteiger partial charge on any atom is -0.502 e. The van der Waals surface area contributed by atoms with Gasteiger partial charge in [-0.05, 0) is 6.58 Å². The van der Waals surface area contributed by atoms with E-state index in [0.717, 1.165) is 0 Å². The van der Waals surface area contributed by atoms with Gasteiger partial charge in [-0.25, -0.2) is 4.79 Å². The molecule has 66 valence electrons. The zero-order chi connectivity index (χ0) is 9.28. The second-order valence-electron chi connectivity index (χ2n) is 1.39. The van der Waals surface area contributed by atoms with Gasteiger partial charge in [0.15, 0.2) is 5.76 Å². The number of methoxy groups -OCH3 is 1. The molecule has 0 radical (unpaired) electrons. The monoisotopic (exact) mass is 164 g/mol. The summed E-state index contributed by atoms with van der Waals surface area (Å²) in [5.74, 6) is -1.36. The van der Waals surface area contributed by atoms with E-state index in [0.29, 0.717) is 0 Å². The molecule has 0 saturated heterocycles. The lowest BCUT2D eigenvalue weighted by Crippen LogP contribution is -2.01. The Hall–Kier alpha value is -1.07. The van der Waals surface area contributed by atoms with Crippen LogP contribution in [-0.2, 0) is 9.53 Å².